The zero-order chi connectivity index (χ0) is 13.0. The van der Waals surface area contributed by atoms with Crippen LogP contribution in [0.15, 0.2) is 0 Å². The van der Waals surface area contributed by atoms with Crippen LogP contribution < -0.4 is 5.32 Å². The van der Waals surface area contributed by atoms with Crippen LogP contribution in [0.25, 0.3) is 0 Å². The Bertz CT molecular complexity index is 245. The van der Waals surface area contributed by atoms with Crippen LogP contribution in [0.5, 0.6) is 0 Å². The van der Waals surface area contributed by atoms with Gasteiger partial charge in [-0.3, -0.25) is 0 Å². The molecule has 3 unspecified atom stereocenters. The molecule has 2 aliphatic rings. The van der Waals surface area contributed by atoms with Crippen molar-refractivity contribution in [1.29, 1.82) is 0 Å². The highest BCUT2D eigenvalue weighted by atomic mass is 16.5. The molecule has 3 nitrogen and oxygen atoms in total. The fraction of sp³-hybridized carbons (Fsp3) is 1.00. The number of nitrogens with one attached hydrogen (secondary N) is 1. The van der Waals surface area contributed by atoms with E-state index in [1.807, 2.05) is 0 Å². The maximum atomic E-state index is 5.82. The van der Waals surface area contributed by atoms with Gasteiger partial charge < -0.3 is 15.0 Å². The first-order valence-corrected chi connectivity index (χ1v) is 7.78. The second-order valence-corrected chi connectivity index (χ2v) is 6.28. The topological polar surface area (TPSA) is 24.5 Å². The van der Waals surface area contributed by atoms with E-state index in [1.54, 1.807) is 0 Å². The third-order valence-corrected chi connectivity index (χ3v) is 4.56. The SMILES string of the molecule is CCC1OCCC1CN1CCCNC(C(C)C)C1. The summed E-state index contributed by atoms with van der Waals surface area (Å²) in [6.07, 6.45) is 4.23. The lowest BCUT2D eigenvalue weighted by molar-refractivity contribution is 0.0745. The van der Waals surface area contributed by atoms with E-state index in [9.17, 15) is 0 Å². The number of hydrogen-bond donors (Lipinski definition) is 1. The van der Waals surface area contributed by atoms with Crippen LogP contribution >= 0.6 is 0 Å². The summed E-state index contributed by atoms with van der Waals surface area (Å²) in [7, 11) is 0. The van der Waals surface area contributed by atoms with E-state index in [0.29, 0.717) is 12.1 Å². The summed E-state index contributed by atoms with van der Waals surface area (Å²) in [5, 5.41) is 3.69. The summed E-state index contributed by atoms with van der Waals surface area (Å²) in [5.41, 5.74) is 0. The first-order valence-electron chi connectivity index (χ1n) is 7.78. The molecule has 3 atom stereocenters. The minimum atomic E-state index is 0.513. The van der Waals surface area contributed by atoms with Crippen LogP contribution in [0.1, 0.15) is 40.0 Å². The summed E-state index contributed by atoms with van der Waals surface area (Å²) in [5.74, 6) is 1.49. The lowest BCUT2D eigenvalue weighted by atomic mass is 9.98. The monoisotopic (exact) mass is 254 g/mol. The summed E-state index contributed by atoms with van der Waals surface area (Å²) in [4.78, 5) is 2.67. The van der Waals surface area contributed by atoms with Gasteiger partial charge in [-0.2, -0.15) is 0 Å². The zero-order valence-electron chi connectivity index (χ0n) is 12.3. The Kier molecular flexibility index (Phi) is 5.46. The fourth-order valence-corrected chi connectivity index (χ4v) is 3.32. The molecule has 0 aromatic heterocycles. The second-order valence-electron chi connectivity index (χ2n) is 6.28. The van der Waals surface area contributed by atoms with Gasteiger partial charge in [-0.25, -0.2) is 0 Å². The van der Waals surface area contributed by atoms with Gasteiger partial charge in [-0.15, -0.1) is 0 Å². The molecule has 3 heteroatoms. The largest absolute Gasteiger partial charge is 0.378 e. The minimum Gasteiger partial charge on any atom is -0.378 e. The van der Waals surface area contributed by atoms with Crippen molar-refractivity contribution >= 4 is 0 Å². The molecule has 2 aliphatic heterocycles. The molecule has 0 radical (unpaired) electrons. The average Bonchev–Trinajstić information content (AvgIpc) is 2.65. The van der Waals surface area contributed by atoms with Gasteiger partial charge in [-0.05, 0) is 44.2 Å². The van der Waals surface area contributed by atoms with Crippen LogP contribution in [-0.2, 0) is 4.74 Å². The number of hydrogen-bond acceptors (Lipinski definition) is 3. The molecule has 18 heavy (non-hydrogen) atoms. The highest BCUT2D eigenvalue weighted by Crippen LogP contribution is 2.25. The number of ether oxygens (including phenoxy) is 1. The van der Waals surface area contributed by atoms with Crippen molar-refractivity contribution in [2.45, 2.75) is 52.2 Å². The van der Waals surface area contributed by atoms with Crippen LogP contribution in [0.2, 0.25) is 0 Å². The Morgan fingerprint density at radius 2 is 2.22 bits per heavy atom. The maximum absolute atomic E-state index is 5.82. The third kappa shape index (κ3) is 3.69. The lowest BCUT2D eigenvalue weighted by Gasteiger charge is -2.30. The molecule has 2 saturated heterocycles. The standard InChI is InChI=1S/C15H30N2O/c1-4-15-13(6-9-18-15)10-17-8-5-7-16-14(11-17)12(2)3/h12-16H,4-11H2,1-3H3. The van der Waals surface area contributed by atoms with E-state index in [2.05, 4.69) is 31.0 Å². The van der Waals surface area contributed by atoms with Crippen molar-refractivity contribution in [3.8, 4) is 0 Å². The normalized spacial score (nSPS) is 35.0. The summed E-state index contributed by atoms with van der Waals surface area (Å²) in [6, 6.07) is 0.662. The predicted octanol–water partition coefficient (Wildman–Crippen LogP) is 2.12. The molecule has 2 fully saturated rings. The first-order chi connectivity index (χ1) is 8.70. The Morgan fingerprint density at radius 1 is 1.39 bits per heavy atom. The second kappa shape index (κ2) is 6.88. The van der Waals surface area contributed by atoms with Gasteiger partial charge in [-0.1, -0.05) is 20.8 Å². The van der Waals surface area contributed by atoms with E-state index in [4.69, 9.17) is 4.74 Å². The van der Waals surface area contributed by atoms with Gasteiger partial charge in [0.1, 0.15) is 0 Å². The molecule has 0 spiro atoms. The molecule has 0 bridgehead atoms. The van der Waals surface area contributed by atoms with Gasteiger partial charge in [0.25, 0.3) is 0 Å². The van der Waals surface area contributed by atoms with E-state index in [-0.39, 0.29) is 0 Å². The predicted molar refractivity (Wildman–Crippen MR) is 75.8 cm³/mol. The molecule has 0 saturated carbocycles. The van der Waals surface area contributed by atoms with Crippen LogP contribution in [0, 0.1) is 11.8 Å². The maximum Gasteiger partial charge on any atom is 0.0613 e. The minimum absolute atomic E-state index is 0.513. The van der Waals surface area contributed by atoms with Gasteiger partial charge in [0.2, 0.25) is 0 Å². The van der Waals surface area contributed by atoms with E-state index >= 15 is 0 Å². The lowest BCUT2D eigenvalue weighted by Crippen LogP contribution is -2.43. The highest BCUT2D eigenvalue weighted by Gasteiger charge is 2.30. The van der Waals surface area contributed by atoms with E-state index in [0.717, 1.165) is 18.4 Å². The summed E-state index contributed by atoms with van der Waals surface area (Å²) in [6.45, 7) is 12.8. The van der Waals surface area contributed by atoms with Crippen molar-refractivity contribution in [2.24, 2.45) is 11.8 Å². The molecule has 1 N–H and O–H groups in total. The van der Waals surface area contributed by atoms with Gasteiger partial charge in [0.15, 0.2) is 0 Å². The number of rotatable bonds is 4. The molecular weight excluding hydrogens is 224 g/mol. The summed E-state index contributed by atoms with van der Waals surface area (Å²) >= 11 is 0. The Labute approximate surface area is 112 Å². The molecule has 0 amide bonds. The smallest absolute Gasteiger partial charge is 0.0613 e. The Balaban J connectivity index is 1.87. The molecule has 0 aromatic rings. The fourth-order valence-electron chi connectivity index (χ4n) is 3.32. The van der Waals surface area contributed by atoms with Gasteiger partial charge in [0, 0.05) is 25.7 Å². The molecule has 2 rings (SSSR count). The third-order valence-electron chi connectivity index (χ3n) is 4.56. The summed E-state index contributed by atoms with van der Waals surface area (Å²) < 4.78 is 5.82. The Morgan fingerprint density at radius 3 is 2.94 bits per heavy atom. The molecular formula is C15H30N2O. The van der Waals surface area contributed by atoms with Crippen molar-refractivity contribution in [2.75, 3.05) is 32.8 Å². The Hall–Kier alpha value is -0.120. The van der Waals surface area contributed by atoms with E-state index < -0.39 is 0 Å². The van der Waals surface area contributed by atoms with Crippen molar-refractivity contribution in [3.05, 3.63) is 0 Å². The van der Waals surface area contributed by atoms with Gasteiger partial charge in [0.05, 0.1) is 6.10 Å². The van der Waals surface area contributed by atoms with Crippen molar-refractivity contribution in [3.63, 3.8) is 0 Å². The zero-order valence-corrected chi connectivity index (χ0v) is 12.3. The first kappa shape index (κ1) is 14.3. The van der Waals surface area contributed by atoms with Crippen molar-refractivity contribution in [1.82, 2.24) is 10.2 Å². The molecule has 0 aliphatic carbocycles. The number of nitrogens with zero attached hydrogens (tertiary/aromatic N) is 1. The average molecular weight is 254 g/mol. The van der Waals surface area contributed by atoms with E-state index in [1.165, 1.54) is 45.4 Å². The highest BCUT2D eigenvalue weighted by molar-refractivity contribution is 4.83. The van der Waals surface area contributed by atoms with Crippen LogP contribution in [0.3, 0.4) is 0 Å². The molecule has 106 valence electrons. The van der Waals surface area contributed by atoms with Crippen molar-refractivity contribution < 1.29 is 4.74 Å². The van der Waals surface area contributed by atoms with Gasteiger partial charge >= 0.3 is 0 Å². The molecule has 0 aromatic carbocycles. The van der Waals surface area contributed by atoms with Crippen LogP contribution in [0.4, 0.5) is 0 Å². The van der Waals surface area contributed by atoms with Crippen LogP contribution in [-0.4, -0.2) is 49.8 Å². The quantitative estimate of drug-likeness (QED) is 0.832. The molecule has 2 heterocycles.